The number of carbonyl (C=O) groups is 3. The molecule has 2 radical (unpaired) electrons. The molecule has 11 nitrogen and oxygen atoms in total. The maximum absolute atomic E-state index is 12.3. The average Bonchev–Trinajstić information content (AvgIpc) is 2.75. The molecule has 0 saturated carbocycles. The number of aromatic nitrogens is 2. The van der Waals surface area contributed by atoms with E-state index < -0.39 is 23.9 Å². The van der Waals surface area contributed by atoms with Crippen molar-refractivity contribution in [3.63, 3.8) is 0 Å². The van der Waals surface area contributed by atoms with Crippen LogP contribution in [0.4, 0.5) is 11.8 Å². The summed E-state index contributed by atoms with van der Waals surface area (Å²) in [7, 11) is 0. The van der Waals surface area contributed by atoms with Crippen molar-refractivity contribution in [3.05, 3.63) is 51.3 Å². The van der Waals surface area contributed by atoms with Crippen molar-refractivity contribution in [3.8, 4) is 0 Å². The Labute approximate surface area is 239 Å². The molecule has 1 aromatic heterocycles. The SMILES string of the molecule is Nc1nc2c(c(=O)[nH]1)C[C@@H](CCc1ccc(C(=O)N[C@@H](CCC(=O)O)C(=O)O)cc1)CN2.[Na].[Na]. The first kappa shape index (κ1) is 30.1. The number of carbonyl (C=O) groups excluding carboxylic acids is 1. The molecular weight excluding hydrogens is 464 g/mol. The van der Waals surface area contributed by atoms with Crippen molar-refractivity contribution in [2.75, 3.05) is 17.6 Å². The van der Waals surface area contributed by atoms with Crippen LogP contribution in [0.2, 0.25) is 0 Å². The van der Waals surface area contributed by atoms with E-state index in [0.717, 1.165) is 18.4 Å². The van der Waals surface area contributed by atoms with Gasteiger partial charge in [-0.2, -0.15) is 4.98 Å². The molecule has 7 N–H and O–H groups in total. The van der Waals surface area contributed by atoms with E-state index in [0.29, 0.717) is 29.9 Å². The molecule has 0 aliphatic carbocycles. The van der Waals surface area contributed by atoms with E-state index in [-0.39, 0.29) is 89.4 Å². The Hall–Kier alpha value is -1.89. The molecule has 13 heteroatoms. The number of anilines is 2. The van der Waals surface area contributed by atoms with Gasteiger partial charge in [-0.15, -0.1) is 0 Å². The zero-order chi connectivity index (χ0) is 23.3. The fourth-order valence-electron chi connectivity index (χ4n) is 3.62. The maximum atomic E-state index is 12.3. The quantitative estimate of drug-likeness (QED) is 0.261. The zero-order valence-electron chi connectivity index (χ0n) is 19.3. The van der Waals surface area contributed by atoms with Gasteiger partial charge in [-0.05, 0) is 49.3 Å². The molecule has 2 atom stereocenters. The third kappa shape index (κ3) is 8.40. The van der Waals surface area contributed by atoms with Gasteiger partial charge in [-0.1, -0.05) is 12.1 Å². The molecule has 1 amide bonds. The Kier molecular flexibility index (Phi) is 12.3. The average molecular weight is 489 g/mol. The van der Waals surface area contributed by atoms with Gasteiger partial charge >= 0.3 is 11.9 Å². The second-order valence-electron chi connectivity index (χ2n) is 7.76. The van der Waals surface area contributed by atoms with Crippen LogP contribution in [0.1, 0.15) is 40.7 Å². The number of fused-ring (bicyclic) bond motifs is 1. The summed E-state index contributed by atoms with van der Waals surface area (Å²) in [6.45, 7) is 0.677. The van der Waals surface area contributed by atoms with Gasteiger partial charge in [0.05, 0.1) is 5.56 Å². The zero-order valence-corrected chi connectivity index (χ0v) is 23.3. The number of carboxylic acids is 2. The molecule has 0 saturated heterocycles. The van der Waals surface area contributed by atoms with Crippen LogP contribution < -0.4 is 21.9 Å². The number of nitrogens with zero attached hydrogens (tertiary/aromatic N) is 1. The summed E-state index contributed by atoms with van der Waals surface area (Å²) < 4.78 is 0. The number of aromatic amines is 1. The predicted octanol–water partition coefficient (Wildman–Crippen LogP) is -0.145. The Morgan fingerprint density at radius 2 is 1.85 bits per heavy atom. The van der Waals surface area contributed by atoms with Crippen LogP contribution in [0, 0.1) is 5.92 Å². The van der Waals surface area contributed by atoms with Crippen LogP contribution in [0.15, 0.2) is 29.1 Å². The Morgan fingerprint density at radius 3 is 2.47 bits per heavy atom. The molecular formula is C21H25N5Na2O6. The predicted molar refractivity (Wildman–Crippen MR) is 127 cm³/mol. The summed E-state index contributed by atoms with van der Waals surface area (Å²) in [6.07, 6.45) is 1.60. The van der Waals surface area contributed by atoms with Gasteiger partial charge in [-0.25, -0.2) is 4.79 Å². The van der Waals surface area contributed by atoms with Gasteiger partial charge < -0.3 is 26.6 Å². The van der Waals surface area contributed by atoms with Crippen molar-refractivity contribution in [1.82, 2.24) is 15.3 Å². The van der Waals surface area contributed by atoms with Crippen molar-refractivity contribution >= 4 is 88.7 Å². The number of aryl methyl sites for hydroxylation is 1. The second-order valence-corrected chi connectivity index (χ2v) is 7.76. The van der Waals surface area contributed by atoms with Gasteiger partial charge in [0.2, 0.25) is 5.95 Å². The number of hydrogen-bond donors (Lipinski definition) is 6. The number of nitrogen functional groups attached to an aromatic ring is 1. The normalized spacial score (nSPS) is 14.9. The number of hydrogen-bond acceptors (Lipinski definition) is 7. The van der Waals surface area contributed by atoms with Gasteiger partial charge in [0.25, 0.3) is 11.5 Å². The number of rotatable bonds is 9. The van der Waals surface area contributed by atoms with Crippen LogP contribution in [0.3, 0.4) is 0 Å². The van der Waals surface area contributed by atoms with Gasteiger partial charge in [0.1, 0.15) is 11.9 Å². The number of amides is 1. The van der Waals surface area contributed by atoms with Crippen molar-refractivity contribution in [1.29, 1.82) is 0 Å². The third-order valence-corrected chi connectivity index (χ3v) is 5.39. The monoisotopic (exact) mass is 489 g/mol. The molecule has 34 heavy (non-hydrogen) atoms. The topological polar surface area (TPSA) is 187 Å². The van der Waals surface area contributed by atoms with Crippen LogP contribution in [0.25, 0.3) is 0 Å². The molecule has 2 aromatic rings. The maximum Gasteiger partial charge on any atom is 0.326 e. The first-order valence-corrected chi connectivity index (χ1v) is 10.2. The fourth-order valence-corrected chi connectivity index (χ4v) is 3.62. The van der Waals surface area contributed by atoms with Crippen LogP contribution in [-0.2, 0) is 22.4 Å². The molecule has 3 rings (SSSR count). The van der Waals surface area contributed by atoms with Crippen LogP contribution in [0.5, 0.6) is 0 Å². The van der Waals surface area contributed by atoms with E-state index in [1.165, 1.54) is 0 Å². The Morgan fingerprint density at radius 1 is 1.18 bits per heavy atom. The van der Waals surface area contributed by atoms with Gasteiger partial charge in [0, 0.05) is 77.6 Å². The number of benzene rings is 1. The number of nitrogens with two attached hydrogens (primary N) is 1. The molecule has 1 aromatic carbocycles. The number of H-pyrrole nitrogens is 1. The molecule has 0 bridgehead atoms. The summed E-state index contributed by atoms with van der Waals surface area (Å²) >= 11 is 0. The molecule has 2 heterocycles. The van der Waals surface area contributed by atoms with Crippen LogP contribution >= 0.6 is 0 Å². The van der Waals surface area contributed by atoms with E-state index in [1.807, 2.05) is 0 Å². The first-order valence-electron chi connectivity index (χ1n) is 10.2. The van der Waals surface area contributed by atoms with E-state index in [2.05, 4.69) is 20.6 Å². The van der Waals surface area contributed by atoms with Crippen LogP contribution in [-0.4, -0.2) is 110 Å². The summed E-state index contributed by atoms with van der Waals surface area (Å²) in [5.41, 5.74) is 7.22. The fraction of sp³-hybridized carbons (Fsp3) is 0.381. The van der Waals surface area contributed by atoms with E-state index in [9.17, 15) is 19.2 Å². The standard InChI is InChI=1S/C21H25N5O6.2Na/c22-21-25-17-14(19(30)26-21)9-12(10-23-17)2-1-11-3-5-13(6-4-11)18(29)24-15(20(31)32)7-8-16(27)28;;/h3-6,12,15H,1-2,7-10H2,(H,24,29)(H,27,28)(H,31,32)(H4,22,23,25,26,30);;/t12-,15+;;/m1../s1. The molecule has 0 fully saturated rings. The Balaban J connectivity index is 0.00000289. The first-order chi connectivity index (χ1) is 15.2. The minimum absolute atomic E-state index is 0. The van der Waals surface area contributed by atoms with E-state index >= 15 is 0 Å². The molecule has 1 aliphatic heterocycles. The summed E-state index contributed by atoms with van der Waals surface area (Å²) in [5.74, 6) is -2.13. The minimum Gasteiger partial charge on any atom is -0.481 e. The molecule has 0 unspecified atom stereocenters. The third-order valence-electron chi connectivity index (χ3n) is 5.39. The molecule has 172 valence electrons. The summed E-state index contributed by atoms with van der Waals surface area (Å²) in [5, 5.41) is 23.4. The number of nitrogens with one attached hydrogen (secondary N) is 3. The smallest absolute Gasteiger partial charge is 0.326 e. The van der Waals surface area contributed by atoms with Crippen molar-refractivity contribution in [2.24, 2.45) is 5.92 Å². The molecule has 1 aliphatic rings. The number of carboxylic acid groups (broad SMARTS) is 2. The summed E-state index contributed by atoms with van der Waals surface area (Å²) in [6, 6.07) is 5.52. The summed E-state index contributed by atoms with van der Waals surface area (Å²) in [4.78, 5) is 52.9. The molecule has 0 spiro atoms. The van der Waals surface area contributed by atoms with E-state index in [4.69, 9.17) is 15.9 Å². The minimum atomic E-state index is -1.28. The van der Waals surface area contributed by atoms with Gasteiger partial charge in [0.15, 0.2) is 0 Å². The van der Waals surface area contributed by atoms with Crippen molar-refractivity contribution in [2.45, 2.75) is 38.1 Å². The second kappa shape index (κ2) is 13.9. The van der Waals surface area contributed by atoms with Crippen molar-refractivity contribution < 1.29 is 24.6 Å². The Bertz CT molecular complexity index is 1080. The van der Waals surface area contributed by atoms with Gasteiger partial charge in [-0.3, -0.25) is 19.4 Å². The number of aliphatic carboxylic acids is 2. The van der Waals surface area contributed by atoms with E-state index in [1.54, 1.807) is 24.3 Å². The largest absolute Gasteiger partial charge is 0.481 e.